The monoisotopic (exact) mass is 1160 g/mol. The number of piperazine rings is 1. The molecule has 4 aliphatic rings. The summed E-state index contributed by atoms with van der Waals surface area (Å²) in [5, 5.41) is 20.1. The highest BCUT2D eigenvalue weighted by Gasteiger charge is 2.41. The van der Waals surface area contributed by atoms with E-state index in [1.165, 1.54) is 23.1 Å². The fourth-order valence-corrected chi connectivity index (χ4v) is 12.9. The molecule has 4 aliphatic heterocycles. The number of nitrogens with one attached hydrogen (secondary N) is 2. The zero-order chi connectivity index (χ0) is 58.6. The highest BCUT2D eigenvalue weighted by molar-refractivity contribution is 7.23. The lowest BCUT2D eigenvalue weighted by molar-refractivity contribution is -0.137. The minimum Gasteiger partial charge on any atom is -0.475 e. The average Bonchev–Trinajstić information content (AvgIpc) is 2.77. The van der Waals surface area contributed by atoms with E-state index in [0.29, 0.717) is 93.0 Å². The van der Waals surface area contributed by atoms with E-state index in [2.05, 4.69) is 37.6 Å². The van der Waals surface area contributed by atoms with E-state index >= 15 is 22.0 Å². The quantitative estimate of drug-likeness (QED) is 0.0650. The first kappa shape index (κ1) is 57.0. The van der Waals surface area contributed by atoms with Gasteiger partial charge in [0.15, 0.2) is 11.6 Å². The van der Waals surface area contributed by atoms with Gasteiger partial charge in [0.1, 0.15) is 52.5 Å². The minimum absolute atomic E-state index is 0.0447. The molecular weight excluding hydrogens is 1110 g/mol. The average molecular weight is 1170 g/mol. The summed E-state index contributed by atoms with van der Waals surface area (Å²) in [7, 11) is 0. The molecule has 2 bridgehead atoms. The Labute approximate surface area is 477 Å². The number of hydrogen-bond donors (Lipinski definition) is 3. The summed E-state index contributed by atoms with van der Waals surface area (Å²) in [6.45, 7) is 10.6. The van der Waals surface area contributed by atoms with Crippen LogP contribution in [0.15, 0.2) is 76.8 Å². The molecule has 11 rings (SSSR count). The number of nitrogens with two attached hydrogens (primary N) is 1. The molecule has 7 aromatic rings. The van der Waals surface area contributed by atoms with Crippen LogP contribution in [0.1, 0.15) is 94.7 Å². The van der Waals surface area contributed by atoms with Gasteiger partial charge in [0.25, 0.3) is 11.8 Å². The number of nitrogen functional groups attached to an aromatic ring is 1. The second kappa shape index (κ2) is 22.7. The first-order valence-electron chi connectivity index (χ1n) is 27.5. The van der Waals surface area contributed by atoms with Crippen molar-refractivity contribution in [2.24, 2.45) is 5.41 Å². The van der Waals surface area contributed by atoms with Gasteiger partial charge >= 0.3 is 12.2 Å². The fourth-order valence-electron chi connectivity index (χ4n) is 12.0. The second-order valence-corrected chi connectivity index (χ2v) is 23.5. The van der Waals surface area contributed by atoms with E-state index in [4.69, 9.17) is 19.7 Å². The van der Waals surface area contributed by atoms with E-state index in [1.807, 2.05) is 11.0 Å². The van der Waals surface area contributed by atoms with Crippen LogP contribution in [-0.2, 0) is 15.8 Å². The molecule has 0 aliphatic carbocycles. The van der Waals surface area contributed by atoms with Crippen molar-refractivity contribution < 1.29 is 54.3 Å². The first-order valence-corrected chi connectivity index (χ1v) is 28.3. The van der Waals surface area contributed by atoms with Gasteiger partial charge in [-0.1, -0.05) is 48.9 Å². The van der Waals surface area contributed by atoms with Gasteiger partial charge in [0.05, 0.1) is 39.6 Å². The van der Waals surface area contributed by atoms with Crippen molar-refractivity contribution in [3.05, 3.63) is 118 Å². The number of ether oxygens (including phenoxy) is 2. The van der Waals surface area contributed by atoms with Crippen molar-refractivity contribution in [3.63, 3.8) is 0 Å². The topological polar surface area (TPSA) is 188 Å². The van der Waals surface area contributed by atoms with E-state index in [9.17, 15) is 23.6 Å². The van der Waals surface area contributed by atoms with Gasteiger partial charge in [0, 0.05) is 66.1 Å². The first-order chi connectivity index (χ1) is 39.7. The summed E-state index contributed by atoms with van der Waals surface area (Å²) in [4.78, 5) is 42.7. The van der Waals surface area contributed by atoms with Crippen LogP contribution < -0.4 is 30.7 Å². The van der Waals surface area contributed by atoms with Crippen molar-refractivity contribution in [2.45, 2.75) is 96.6 Å². The molecule has 0 radical (unpaired) electrons. The standard InChI is InChI=1S/C60H59F7N10O5S/c1-31(2)47(57(79)77-20-6-9-44(77)56(78)70-32(3)33-10-12-34(13-11-33)48-41(61)7-5-8-42(48)62)45-26-46(74-82-45)81-30-59(4)18-21-75(22-19-59)23-24-80-58-72-52-38(55(73-58)76-28-35-14-15-36(29-76)71-35)25-40(60(65,66)67)50(51(52)64)37-16-17-43(63)53-49(37)39(27-68)54(69)83-53/h5,7-8,10-13,16-17,25-26,32,35-36,44,71H,6,9,14-15,18-24,28-30,69H2,1-4H3,(H,70,78)/t32-,35?,36?,44-/m0/s1. The van der Waals surface area contributed by atoms with Crippen LogP contribution in [0.3, 0.4) is 0 Å². The molecule has 4 N–H and O–H groups in total. The molecule has 4 saturated heterocycles. The lowest BCUT2D eigenvalue weighted by Crippen LogP contribution is -2.51. The van der Waals surface area contributed by atoms with Gasteiger partial charge in [-0.3, -0.25) is 14.5 Å². The van der Waals surface area contributed by atoms with E-state index in [-0.39, 0.29) is 109 Å². The Balaban J connectivity index is 0.730. The summed E-state index contributed by atoms with van der Waals surface area (Å²) in [5.74, 6) is -3.76. The SMILES string of the molecule is CC(C)=C(C(=O)N1CCC[C@H]1C(=O)N[C@@H](C)c1ccc(-c2c(F)cccc2F)cc1)c1cc(OCC2(C)CCN(CCOc3nc(N4CC5CCC(C4)N5)c4cc(C(F)(F)F)c(-c5ccc(F)c6sc(N)c(C#N)c56)c(F)c4n3)CC2)no1. The predicted molar refractivity (Wildman–Crippen MR) is 299 cm³/mol. The van der Waals surface area contributed by atoms with Gasteiger partial charge in [-0.05, 0) is 118 Å². The fraction of sp³-hybridized carbons (Fsp3) is 0.400. The molecule has 4 fully saturated rings. The number of carbonyl (C=O) groups excluding carboxylic acids is 2. The Kier molecular flexibility index (Phi) is 15.6. The number of thiophene rings is 1. The molecule has 23 heteroatoms. The molecule has 7 heterocycles. The van der Waals surface area contributed by atoms with Crippen molar-refractivity contribution in [1.29, 1.82) is 5.26 Å². The Hall–Kier alpha value is -7.81. The highest BCUT2D eigenvalue weighted by atomic mass is 32.1. The van der Waals surface area contributed by atoms with Gasteiger partial charge in [-0.2, -0.15) is 28.4 Å². The van der Waals surface area contributed by atoms with Crippen LogP contribution in [0.5, 0.6) is 11.9 Å². The smallest absolute Gasteiger partial charge is 0.417 e. The van der Waals surface area contributed by atoms with Crippen LogP contribution in [0.25, 0.3) is 48.8 Å². The Morgan fingerprint density at radius 2 is 1.65 bits per heavy atom. The van der Waals surface area contributed by atoms with Crippen LogP contribution in [0.4, 0.5) is 41.6 Å². The number of hydrogen-bond acceptors (Lipinski definition) is 14. The molecule has 434 valence electrons. The molecule has 2 amide bonds. The zero-order valence-corrected chi connectivity index (χ0v) is 46.7. The van der Waals surface area contributed by atoms with Gasteiger partial charge in [0.2, 0.25) is 5.91 Å². The molecule has 2 unspecified atom stereocenters. The lowest BCUT2D eigenvalue weighted by atomic mass is 9.81. The third-order valence-electron chi connectivity index (χ3n) is 16.5. The number of fused-ring (bicyclic) bond motifs is 4. The van der Waals surface area contributed by atoms with Crippen molar-refractivity contribution in [1.82, 2.24) is 35.6 Å². The molecular formula is C60H59F7N10O5S. The molecule has 0 saturated carbocycles. The molecule has 3 aromatic heterocycles. The van der Waals surface area contributed by atoms with Crippen LogP contribution in [-0.4, -0.2) is 107 Å². The number of halogens is 7. The molecule has 15 nitrogen and oxygen atoms in total. The highest BCUT2D eigenvalue weighted by Crippen LogP contribution is 2.48. The van der Waals surface area contributed by atoms with E-state index in [0.717, 1.165) is 31.0 Å². The van der Waals surface area contributed by atoms with E-state index < -0.39 is 58.2 Å². The van der Waals surface area contributed by atoms with Gasteiger partial charge in [-0.15, -0.1) is 11.3 Å². The normalized spacial score (nSPS) is 19.3. The van der Waals surface area contributed by atoms with Crippen LogP contribution in [0, 0.1) is 40.0 Å². The maximum atomic E-state index is 17.3. The van der Waals surface area contributed by atoms with Crippen molar-refractivity contribution >= 4 is 60.5 Å². The zero-order valence-electron chi connectivity index (χ0n) is 45.9. The number of aromatic nitrogens is 3. The second-order valence-electron chi connectivity index (χ2n) is 22.4. The predicted octanol–water partition coefficient (Wildman–Crippen LogP) is 11.4. The molecule has 4 atom stereocenters. The Morgan fingerprint density at radius 1 is 0.940 bits per heavy atom. The minimum atomic E-state index is -5.09. The summed E-state index contributed by atoms with van der Waals surface area (Å²) >= 11 is 0.693. The summed E-state index contributed by atoms with van der Waals surface area (Å²) < 4.78 is 125. The summed E-state index contributed by atoms with van der Waals surface area (Å²) in [5.41, 5.74) is 4.32. The van der Waals surface area contributed by atoms with Gasteiger partial charge in [-0.25, -0.2) is 17.6 Å². The number of likely N-dealkylation sites (tertiary alicyclic amines) is 2. The van der Waals surface area contributed by atoms with Crippen LogP contribution in [0.2, 0.25) is 0 Å². The number of benzene rings is 4. The third-order valence-corrected chi connectivity index (χ3v) is 17.5. The number of allylic oxidation sites excluding steroid dienone is 1. The number of nitriles is 1. The third kappa shape index (κ3) is 11.3. The summed E-state index contributed by atoms with van der Waals surface area (Å²) in [6.07, 6.45) is -0.917. The number of amides is 2. The van der Waals surface area contributed by atoms with Crippen molar-refractivity contribution in [3.8, 4) is 40.2 Å². The lowest BCUT2D eigenvalue weighted by Gasteiger charge is -2.38. The molecule has 83 heavy (non-hydrogen) atoms. The number of piperidine rings is 1. The number of anilines is 2. The Morgan fingerprint density at radius 3 is 2.33 bits per heavy atom. The summed E-state index contributed by atoms with van der Waals surface area (Å²) in [6, 6.07) is 15.1. The molecule has 0 spiro atoms. The maximum absolute atomic E-state index is 17.3. The maximum Gasteiger partial charge on any atom is 0.417 e. The van der Waals surface area contributed by atoms with Crippen molar-refractivity contribution in [2.75, 3.05) is 63.1 Å². The number of nitrogens with zero attached hydrogens (tertiary/aromatic N) is 7. The number of carbonyl (C=O) groups is 2. The van der Waals surface area contributed by atoms with E-state index in [1.54, 1.807) is 51.1 Å². The van der Waals surface area contributed by atoms with Gasteiger partial charge < -0.3 is 40.2 Å². The largest absolute Gasteiger partial charge is 0.475 e. The Bertz CT molecular complexity index is 3710. The number of rotatable bonds is 15. The number of alkyl halides is 3. The van der Waals surface area contributed by atoms with Crippen LogP contribution >= 0.6 is 11.3 Å². The molecule has 4 aromatic carbocycles.